The molecule has 4 rings (SSSR count). The van der Waals surface area contributed by atoms with Gasteiger partial charge in [0.1, 0.15) is 0 Å². The average Bonchev–Trinajstić information content (AvgIpc) is 3.25. The lowest BCUT2D eigenvalue weighted by atomic mass is 9.79. The summed E-state index contributed by atoms with van der Waals surface area (Å²) in [4.78, 5) is 27.2. The molecule has 2 aromatic heterocycles. The van der Waals surface area contributed by atoms with Crippen LogP contribution in [-0.4, -0.2) is 49.3 Å². The number of hydrogen-bond donors (Lipinski definition) is 6. The highest BCUT2D eigenvalue weighted by atomic mass is 79.9. The van der Waals surface area contributed by atoms with E-state index < -0.39 is 19.1 Å². The summed E-state index contributed by atoms with van der Waals surface area (Å²) >= 11 is 3.36. The van der Waals surface area contributed by atoms with Gasteiger partial charge in [-0.25, -0.2) is 0 Å². The summed E-state index contributed by atoms with van der Waals surface area (Å²) in [6, 6.07) is 10.6. The molecule has 0 amide bonds. The molecule has 0 aliphatic carbocycles. The zero-order valence-corrected chi connectivity index (χ0v) is 17.2. The number of carboxylic acid groups (broad SMARTS) is 2. The fourth-order valence-corrected chi connectivity index (χ4v) is 3.49. The highest BCUT2D eigenvalue weighted by Crippen LogP contribution is 2.23. The molecule has 0 saturated carbocycles. The minimum atomic E-state index is -1.54. The molecule has 0 unspecified atom stereocenters. The predicted molar refractivity (Wildman–Crippen MR) is 117 cm³/mol. The minimum Gasteiger partial charge on any atom is -0.481 e. The Morgan fingerprint density at radius 1 is 0.833 bits per heavy atom. The molecule has 0 aliphatic rings. The Balaban J connectivity index is 0.000000172. The van der Waals surface area contributed by atoms with Crippen LogP contribution in [0.1, 0.15) is 11.1 Å². The fourth-order valence-electron chi connectivity index (χ4n) is 3.13. The summed E-state index contributed by atoms with van der Waals surface area (Å²) in [5.41, 5.74) is 3.53. The maximum atomic E-state index is 10.6. The van der Waals surface area contributed by atoms with Gasteiger partial charge in [-0.1, -0.05) is 28.1 Å². The summed E-state index contributed by atoms with van der Waals surface area (Å²) in [7, 11) is -1.54. The maximum absolute atomic E-state index is 10.6. The molecule has 0 fully saturated rings. The Morgan fingerprint density at radius 3 is 1.83 bits per heavy atom. The van der Waals surface area contributed by atoms with Gasteiger partial charge in [-0.2, -0.15) is 0 Å². The van der Waals surface area contributed by atoms with E-state index in [1.807, 2.05) is 18.2 Å². The van der Waals surface area contributed by atoms with Gasteiger partial charge in [0, 0.05) is 38.7 Å². The molecule has 6 N–H and O–H groups in total. The van der Waals surface area contributed by atoms with Crippen LogP contribution in [0, 0.1) is 0 Å². The molecule has 4 aromatic rings. The number of benzene rings is 2. The maximum Gasteiger partial charge on any atom is 0.488 e. The van der Waals surface area contributed by atoms with Crippen LogP contribution in [0.25, 0.3) is 21.8 Å². The summed E-state index contributed by atoms with van der Waals surface area (Å²) in [5.74, 6) is -1.73. The van der Waals surface area contributed by atoms with E-state index in [-0.39, 0.29) is 12.8 Å². The van der Waals surface area contributed by atoms with Crippen LogP contribution in [0.15, 0.2) is 53.3 Å². The van der Waals surface area contributed by atoms with Gasteiger partial charge in [-0.05, 0) is 40.9 Å². The summed E-state index contributed by atoms with van der Waals surface area (Å²) in [6.45, 7) is 0. The SMILES string of the molecule is O=C(O)Cc1c[nH]c2ccc(B(O)O)cc12.O=C(O)Cc1c[nH]c2ccc(Br)cc12. The molecule has 2 aromatic carbocycles. The third kappa shape index (κ3) is 5.09. The normalized spacial score (nSPS) is 10.6. The van der Waals surface area contributed by atoms with E-state index in [4.69, 9.17) is 20.3 Å². The van der Waals surface area contributed by atoms with Crippen molar-refractivity contribution in [2.24, 2.45) is 0 Å². The Kier molecular flexibility index (Phi) is 6.61. The van der Waals surface area contributed by atoms with E-state index in [1.54, 1.807) is 30.6 Å². The molecular weight excluding hydrogens is 455 g/mol. The third-order valence-electron chi connectivity index (χ3n) is 4.50. The summed E-state index contributed by atoms with van der Waals surface area (Å²) in [6.07, 6.45) is 3.32. The smallest absolute Gasteiger partial charge is 0.481 e. The van der Waals surface area contributed by atoms with Crippen LogP contribution < -0.4 is 5.46 Å². The number of nitrogens with one attached hydrogen (secondary N) is 2. The summed E-state index contributed by atoms with van der Waals surface area (Å²) in [5, 5.41) is 37.1. The lowest BCUT2D eigenvalue weighted by Gasteiger charge is -2.00. The van der Waals surface area contributed by atoms with E-state index >= 15 is 0 Å². The van der Waals surface area contributed by atoms with Crippen molar-refractivity contribution in [1.82, 2.24) is 9.97 Å². The van der Waals surface area contributed by atoms with Gasteiger partial charge in [-0.3, -0.25) is 9.59 Å². The molecular formula is C20H18BBrN2O6. The van der Waals surface area contributed by atoms with Crippen molar-refractivity contribution in [2.75, 3.05) is 0 Å². The van der Waals surface area contributed by atoms with Crippen LogP contribution >= 0.6 is 15.9 Å². The van der Waals surface area contributed by atoms with Crippen molar-refractivity contribution >= 4 is 62.3 Å². The van der Waals surface area contributed by atoms with Crippen molar-refractivity contribution < 1.29 is 29.9 Å². The summed E-state index contributed by atoms with van der Waals surface area (Å²) < 4.78 is 0.955. The lowest BCUT2D eigenvalue weighted by molar-refractivity contribution is -0.137. The number of halogens is 1. The topological polar surface area (TPSA) is 147 Å². The molecule has 2 heterocycles. The number of aromatic amines is 2. The Morgan fingerprint density at radius 2 is 1.33 bits per heavy atom. The van der Waals surface area contributed by atoms with E-state index in [0.717, 1.165) is 26.5 Å². The van der Waals surface area contributed by atoms with Crippen LogP contribution in [0.2, 0.25) is 0 Å². The highest BCUT2D eigenvalue weighted by molar-refractivity contribution is 9.10. The number of rotatable bonds is 5. The van der Waals surface area contributed by atoms with Gasteiger partial charge >= 0.3 is 19.1 Å². The van der Waals surface area contributed by atoms with E-state index in [9.17, 15) is 9.59 Å². The lowest BCUT2D eigenvalue weighted by Crippen LogP contribution is -2.29. The number of fused-ring (bicyclic) bond motifs is 2. The van der Waals surface area contributed by atoms with E-state index in [2.05, 4.69) is 25.9 Å². The van der Waals surface area contributed by atoms with Crippen molar-refractivity contribution in [2.45, 2.75) is 12.8 Å². The Labute approximate surface area is 179 Å². The molecule has 0 bridgehead atoms. The second kappa shape index (κ2) is 9.16. The zero-order valence-electron chi connectivity index (χ0n) is 15.6. The molecule has 0 saturated heterocycles. The molecule has 154 valence electrons. The minimum absolute atomic E-state index is 0.0520. The number of aromatic nitrogens is 2. The van der Waals surface area contributed by atoms with Crippen molar-refractivity contribution in [3.8, 4) is 0 Å². The van der Waals surface area contributed by atoms with Gasteiger partial charge in [-0.15, -0.1) is 0 Å². The Bertz CT molecular complexity index is 1220. The van der Waals surface area contributed by atoms with Crippen molar-refractivity contribution in [3.05, 3.63) is 64.4 Å². The number of hydrogen-bond acceptors (Lipinski definition) is 4. The number of H-pyrrole nitrogens is 2. The van der Waals surface area contributed by atoms with E-state index in [0.29, 0.717) is 16.4 Å². The molecule has 0 radical (unpaired) electrons. The largest absolute Gasteiger partial charge is 0.488 e. The molecule has 30 heavy (non-hydrogen) atoms. The molecule has 10 heteroatoms. The van der Waals surface area contributed by atoms with E-state index in [1.165, 1.54) is 0 Å². The first kappa shape index (κ1) is 21.6. The fraction of sp³-hybridized carbons (Fsp3) is 0.100. The first-order valence-corrected chi connectivity index (χ1v) is 9.69. The second-order valence-electron chi connectivity index (χ2n) is 6.64. The number of carbonyl (C=O) groups is 2. The highest BCUT2D eigenvalue weighted by Gasteiger charge is 2.14. The molecule has 0 aliphatic heterocycles. The number of aliphatic carboxylic acids is 2. The molecule has 0 atom stereocenters. The standard InChI is InChI=1S/C10H10BNO4.C10H8BrNO2/c13-10(14)3-6-5-12-9-2-1-7(11(15)16)4-8(6)9;11-7-1-2-9-8(4-7)6(5-12-9)3-10(13)14/h1-2,4-5,12,15-16H,3H2,(H,13,14);1-2,4-5,12H,3H2,(H,13,14). The van der Waals surface area contributed by atoms with Gasteiger partial charge in [0.2, 0.25) is 0 Å². The van der Waals surface area contributed by atoms with Gasteiger partial charge in [0.05, 0.1) is 12.8 Å². The predicted octanol–water partition coefficient (Wildman–Crippen LogP) is 2.03. The van der Waals surface area contributed by atoms with Gasteiger partial charge < -0.3 is 30.2 Å². The first-order valence-electron chi connectivity index (χ1n) is 8.89. The average molecular weight is 473 g/mol. The second-order valence-corrected chi connectivity index (χ2v) is 7.55. The monoisotopic (exact) mass is 472 g/mol. The van der Waals surface area contributed by atoms with Crippen molar-refractivity contribution in [3.63, 3.8) is 0 Å². The third-order valence-corrected chi connectivity index (χ3v) is 5.00. The van der Waals surface area contributed by atoms with Gasteiger partial charge in [0.15, 0.2) is 0 Å². The van der Waals surface area contributed by atoms with Crippen LogP contribution in [0.3, 0.4) is 0 Å². The molecule has 0 spiro atoms. The quantitative estimate of drug-likeness (QED) is 0.245. The van der Waals surface area contributed by atoms with Crippen LogP contribution in [0.5, 0.6) is 0 Å². The van der Waals surface area contributed by atoms with Crippen molar-refractivity contribution in [1.29, 1.82) is 0 Å². The molecule has 8 nitrogen and oxygen atoms in total. The van der Waals surface area contributed by atoms with Crippen LogP contribution in [0.4, 0.5) is 0 Å². The first-order chi connectivity index (χ1) is 14.2. The van der Waals surface area contributed by atoms with Gasteiger partial charge in [0.25, 0.3) is 0 Å². The Hall–Kier alpha value is -3.08. The van der Waals surface area contributed by atoms with Crippen LogP contribution in [-0.2, 0) is 22.4 Å². The zero-order chi connectivity index (χ0) is 21.8. The number of carboxylic acids is 2.